The van der Waals surface area contributed by atoms with Crippen molar-refractivity contribution in [3.8, 4) is 0 Å². The van der Waals surface area contributed by atoms with E-state index in [2.05, 4.69) is 0 Å². The highest BCUT2D eigenvalue weighted by molar-refractivity contribution is 6.12. The maximum atomic E-state index is 11.0. The fourth-order valence-corrected chi connectivity index (χ4v) is 1.64. The van der Waals surface area contributed by atoms with E-state index in [1.165, 1.54) is 6.07 Å². The van der Waals surface area contributed by atoms with Gasteiger partial charge in [-0.15, -0.1) is 0 Å². The summed E-state index contributed by atoms with van der Waals surface area (Å²) in [6, 6.07) is 8.21. The van der Waals surface area contributed by atoms with E-state index in [0.717, 1.165) is 0 Å². The van der Waals surface area contributed by atoms with Crippen LogP contribution < -0.4 is 11.5 Å². The van der Waals surface area contributed by atoms with E-state index in [4.69, 9.17) is 16.6 Å². The van der Waals surface area contributed by atoms with Crippen molar-refractivity contribution in [3.05, 3.63) is 35.9 Å². The second-order valence-electron chi connectivity index (χ2n) is 3.28. The molecule has 0 saturated heterocycles. The summed E-state index contributed by atoms with van der Waals surface area (Å²) in [6.45, 7) is 0. The summed E-state index contributed by atoms with van der Waals surface area (Å²) < 4.78 is 0. The topological polar surface area (TPSA) is 89.3 Å². The maximum absolute atomic E-state index is 11.0. The van der Waals surface area contributed by atoms with Gasteiger partial charge in [0.25, 0.3) is 0 Å². The van der Waals surface area contributed by atoms with Crippen molar-refractivity contribution in [2.45, 2.75) is 0 Å². The Labute approximate surface area is 86.1 Å². The van der Waals surface area contributed by atoms with Gasteiger partial charge in [0.05, 0.1) is 5.56 Å². The van der Waals surface area contributed by atoms with Crippen LogP contribution in [-0.2, 0) is 0 Å². The van der Waals surface area contributed by atoms with Gasteiger partial charge >= 0.3 is 5.97 Å². The van der Waals surface area contributed by atoms with Crippen molar-refractivity contribution < 1.29 is 9.90 Å². The van der Waals surface area contributed by atoms with Gasteiger partial charge in [-0.1, -0.05) is 12.1 Å². The number of nitrogens with two attached hydrogens (primary N) is 2. The number of carbonyl (C=O) groups is 1. The Morgan fingerprint density at radius 3 is 2.47 bits per heavy atom. The predicted octanol–water partition coefficient (Wildman–Crippen LogP) is 1.70. The molecule has 0 saturated carbocycles. The Balaban J connectivity index is 2.96. The van der Waals surface area contributed by atoms with Crippen molar-refractivity contribution in [1.82, 2.24) is 0 Å². The quantitative estimate of drug-likeness (QED) is 0.614. The number of nitrogen functional groups attached to an aromatic ring is 2. The minimum atomic E-state index is -1.00. The Bertz CT molecular complexity index is 550. The van der Waals surface area contributed by atoms with E-state index in [-0.39, 0.29) is 5.56 Å². The van der Waals surface area contributed by atoms with Crippen LogP contribution in [0.2, 0.25) is 0 Å². The monoisotopic (exact) mass is 202 g/mol. The summed E-state index contributed by atoms with van der Waals surface area (Å²) in [7, 11) is 0. The van der Waals surface area contributed by atoms with Gasteiger partial charge in [-0.25, -0.2) is 4.79 Å². The first-order chi connectivity index (χ1) is 7.11. The first-order valence-corrected chi connectivity index (χ1v) is 4.41. The lowest BCUT2D eigenvalue weighted by atomic mass is 10.0. The van der Waals surface area contributed by atoms with Crippen molar-refractivity contribution in [2.75, 3.05) is 11.5 Å². The van der Waals surface area contributed by atoms with Crippen LogP contribution in [-0.4, -0.2) is 11.1 Å². The average Bonchev–Trinajstić information content (AvgIpc) is 2.19. The lowest BCUT2D eigenvalue weighted by Crippen LogP contribution is -2.01. The molecule has 2 aromatic rings. The third-order valence-electron chi connectivity index (χ3n) is 2.34. The molecule has 0 bridgehead atoms. The van der Waals surface area contributed by atoms with Gasteiger partial charge in [-0.05, 0) is 18.2 Å². The van der Waals surface area contributed by atoms with Crippen LogP contribution in [0.25, 0.3) is 10.8 Å². The maximum Gasteiger partial charge on any atom is 0.336 e. The number of hydrogen-bond donors (Lipinski definition) is 3. The summed E-state index contributed by atoms with van der Waals surface area (Å²) in [5.41, 5.74) is 12.6. The predicted molar refractivity (Wildman–Crippen MR) is 59.7 cm³/mol. The molecule has 0 aliphatic rings. The second-order valence-corrected chi connectivity index (χ2v) is 3.28. The van der Waals surface area contributed by atoms with Crippen LogP contribution in [0.1, 0.15) is 10.4 Å². The van der Waals surface area contributed by atoms with Crippen molar-refractivity contribution >= 4 is 28.1 Å². The molecule has 0 amide bonds. The summed E-state index contributed by atoms with van der Waals surface area (Å²) in [4.78, 5) is 11.0. The fraction of sp³-hybridized carbons (Fsp3) is 0. The third-order valence-corrected chi connectivity index (χ3v) is 2.34. The standard InChI is InChI=1S/C11H10N2O2/c12-8-5-4-7(11(14)15)10-6(8)2-1-3-9(10)13/h1-5H,12-13H2,(H,14,15). The van der Waals surface area contributed by atoms with E-state index in [1.807, 2.05) is 0 Å². The van der Waals surface area contributed by atoms with Crippen molar-refractivity contribution in [2.24, 2.45) is 0 Å². The van der Waals surface area contributed by atoms with Crippen LogP contribution in [0.4, 0.5) is 11.4 Å². The molecule has 5 N–H and O–H groups in total. The van der Waals surface area contributed by atoms with Crippen LogP contribution in [0.15, 0.2) is 30.3 Å². The molecule has 0 atom stereocenters. The van der Waals surface area contributed by atoms with Gasteiger partial charge in [0.2, 0.25) is 0 Å². The van der Waals surface area contributed by atoms with E-state index in [0.29, 0.717) is 22.1 Å². The average molecular weight is 202 g/mol. The van der Waals surface area contributed by atoms with E-state index >= 15 is 0 Å². The molecule has 0 aliphatic heterocycles. The Morgan fingerprint density at radius 2 is 1.80 bits per heavy atom. The fourth-order valence-electron chi connectivity index (χ4n) is 1.64. The van der Waals surface area contributed by atoms with Gasteiger partial charge < -0.3 is 16.6 Å². The number of anilines is 2. The summed E-state index contributed by atoms with van der Waals surface area (Å²) in [5, 5.41) is 10.2. The highest BCUT2D eigenvalue weighted by Crippen LogP contribution is 2.29. The largest absolute Gasteiger partial charge is 0.478 e. The van der Waals surface area contributed by atoms with Gasteiger partial charge in [-0.3, -0.25) is 0 Å². The molecule has 0 radical (unpaired) electrons. The van der Waals surface area contributed by atoms with E-state index < -0.39 is 5.97 Å². The van der Waals surface area contributed by atoms with Crippen LogP contribution in [0.5, 0.6) is 0 Å². The molecular formula is C11H10N2O2. The zero-order chi connectivity index (χ0) is 11.0. The Morgan fingerprint density at radius 1 is 1.07 bits per heavy atom. The minimum absolute atomic E-state index is 0.178. The molecule has 2 rings (SSSR count). The van der Waals surface area contributed by atoms with Gasteiger partial charge in [0, 0.05) is 22.1 Å². The van der Waals surface area contributed by atoms with Gasteiger partial charge in [-0.2, -0.15) is 0 Å². The normalized spacial score (nSPS) is 10.4. The minimum Gasteiger partial charge on any atom is -0.478 e. The number of fused-ring (bicyclic) bond motifs is 1. The smallest absolute Gasteiger partial charge is 0.336 e. The molecule has 0 heterocycles. The zero-order valence-electron chi connectivity index (χ0n) is 7.90. The molecule has 0 unspecified atom stereocenters. The molecule has 76 valence electrons. The number of carboxylic acid groups (broad SMARTS) is 1. The highest BCUT2D eigenvalue weighted by Gasteiger charge is 2.11. The number of aromatic carboxylic acids is 1. The Hall–Kier alpha value is -2.23. The molecule has 0 aliphatic carbocycles. The summed E-state index contributed by atoms with van der Waals surface area (Å²) in [6.07, 6.45) is 0. The lowest BCUT2D eigenvalue weighted by Gasteiger charge is -2.07. The summed E-state index contributed by atoms with van der Waals surface area (Å²) in [5.74, 6) is -1.00. The Kier molecular flexibility index (Phi) is 1.97. The number of carboxylic acids is 1. The molecule has 4 heteroatoms. The van der Waals surface area contributed by atoms with E-state index in [1.54, 1.807) is 24.3 Å². The first-order valence-electron chi connectivity index (χ1n) is 4.41. The number of rotatable bonds is 1. The molecule has 0 spiro atoms. The molecular weight excluding hydrogens is 192 g/mol. The van der Waals surface area contributed by atoms with E-state index in [9.17, 15) is 4.79 Å². The van der Waals surface area contributed by atoms with Crippen molar-refractivity contribution in [3.63, 3.8) is 0 Å². The SMILES string of the molecule is Nc1ccc(C(=O)O)c2c(N)cccc12. The molecule has 2 aromatic carbocycles. The van der Waals surface area contributed by atoms with Crippen LogP contribution in [0.3, 0.4) is 0 Å². The number of benzene rings is 2. The zero-order valence-corrected chi connectivity index (χ0v) is 7.90. The van der Waals surface area contributed by atoms with Crippen LogP contribution >= 0.6 is 0 Å². The highest BCUT2D eigenvalue weighted by atomic mass is 16.4. The summed E-state index contributed by atoms with van der Waals surface area (Å²) >= 11 is 0. The molecule has 15 heavy (non-hydrogen) atoms. The first kappa shape index (κ1) is 9.33. The molecule has 0 aromatic heterocycles. The number of hydrogen-bond acceptors (Lipinski definition) is 3. The van der Waals surface area contributed by atoms with Crippen LogP contribution in [0, 0.1) is 0 Å². The van der Waals surface area contributed by atoms with Crippen molar-refractivity contribution in [1.29, 1.82) is 0 Å². The van der Waals surface area contributed by atoms with Gasteiger partial charge in [0.15, 0.2) is 0 Å². The van der Waals surface area contributed by atoms with Gasteiger partial charge in [0.1, 0.15) is 0 Å². The third kappa shape index (κ3) is 1.36. The lowest BCUT2D eigenvalue weighted by molar-refractivity contribution is 0.0699. The second kappa shape index (κ2) is 3.16. The molecule has 4 nitrogen and oxygen atoms in total. The molecule has 0 fully saturated rings.